The van der Waals surface area contributed by atoms with E-state index in [1.54, 1.807) is 0 Å². The molecule has 0 saturated heterocycles. The Balaban J connectivity index is 6.10. The Kier molecular flexibility index (Phi) is 13.7. The SMILES string of the molecule is CCC(OCC(C)(N)CN)C(CC)(CC(C)(C)OCC(C)C(C)(N)N)CC(C)(N)OCC(C)C(C)(C)N. The first-order valence-electron chi connectivity index (χ1n) is 14.0. The number of hydrogen-bond acceptors (Lipinski definition) is 9. The summed E-state index contributed by atoms with van der Waals surface area (Å²) < 4.78 is 19.3. The lowest BCUT2D eigenvalue weighted by Gasteiger charge is -2.48. The average molecular weight is 533 g/mol. The Morgan fingerprint density at radius 2 is 1.24 bits per heavy atom. The Labute approximate surface area is 228 Å². The van der Waals surface area contributed by atoms with Crippen LogP contribution in [0, 0.1) is 17.3 Å². The maximum atomic E-state index is 6.83. The molecule has 0 radical (unpaired) electrons. The molecule has 6 unspecified atom stereocenters. The minimum atomic E-state index is -0.900. The van der Waals surface area contributed by atoms with Crippen LogP contribution < -0.4 is 34.4 Å². The van der Waals surface area contributed by atoms with Gasteiger partial charge < -0.3 is 48.6 Å². The summed E-state index contributed by atoms with van der Waals surface area (Å²) in [5.74, 6) is 0.114. The van der Waals surface area contributed by atoms with Crippen molar-refractivity contribution in [2.45, 2.75) is 136 Å². The van der Waals surface area contributed by atoms with Gasteiger partial charge in [0.2, 0.25) is 0 Å². The first-order valence-corrected chi connectivity index (χ1v) is 14.0. The van der Waals surface area contributed by atoms with Gasteiger partial charge in [-0.05, 0) is 80.1 Å². The van der Waals surface area contributed by atoms with E-state index < -0.39 is 22.5 Å². The van der Waals surface area contributed by atoms with Crippen LogP contribution in [0.15, 0.2) is 0 Å². The van der Waals surface area contributed by atoms with E-state index in [9.17, 15) is 0 Å². The molecule has 0 aliphatic carbocycles. The van der Waals surface area contributed by atoms with Crippen LogP contribution in [0.5, 0.6) is 0 Å². The summed E-state index contributed by atoms with van der Waals surface area (Å²) in [6, 6.07) is 0. The summed E-state index contributed by atoms with van der Waals surface area (Å²) in [5, 5.41) is 0. The quantitative estimate of drug-likeness (QED) is 0.136. The highest BCUT2D eigenvalue weighted by Gasteiger charge is 2.47. The maximum absolute atomic E-state index is 6.83. The van der Waals surface area contributed by atoms with Crippen molar-refractivity contribution in [2.24, 2.45) is 51.7 Å². The van der Waals surface area contributed by atoms with Crippen LogP contribution in [0.2, 0.25) is 0 Å². The second-order valence-electron chi connectivity index (χ2n) is 13.8. The van der Waals surface area contributed by atoms with Crippen LogP contribution in [-0.2, 0) is 14.2 Å². The smallest absolute Gasteiger partial charge is 0.114 e. The zero-order valence-electron chi connectivity index (χ0n) is 26.1. The lowest BCUT2D eigenvalue weighted by Crippen LogP contribution is -2.55. The lowest BCUT2D eigenvalue weighted by atomic mass is 9.66. The Morgan fingerprint density at radius 1 is 0.730 bits per heavy atom. The highest BCUT2D eigenvalue weighted by molar-refractivity contribution is 4.97. The fraction of sp³-hybridized carbons (Fsp3) is 1.00. The van der Waals surface area contributed by atoms with Crippen LogP contribution in [-0.4, -0.2) is 60.5 Å². The molecule has 12 N–H and O–H groups in total. The molecule has 0 amide bonds. The Morgan fingerprint density at radius 3 is 1.65 bits per heavy atom. The van der Waals surface area contributed by atoms with E-state index >= 15 is 0 Å². The van der Waals surface area contributed by atoms with Gasteiger partial charge >= 0.3 is 0 Å². The van der Waals surface area contributed by atoms with Gasteiger partial charge in [0.25, 0.3) is 0 Å². The lowest BCUT2D eigenvalue weighted by molar-refractivity contribution is -0.154. The van der Waals surface area contributed by atoms with Gasteiger partial charge in [-0.2, -0.15) is 0 Å². The minimum absolute atomic E-state index is 0.0206. The molecule has 0 spiro atoms. The van der Waals surface area contributed by atoms with E-state index in [1.165, 1.54) is 0 Å². The molecule has 6 atom stereocenters. The van der Waals surface area contributed by atoms with E-state index in [4.69, 9.17) is 48.6 Å². The summed E-state index contributed by atoms with van der Waals surface area (Å²) in [4.78, 5) is 0. The predicted octanol–water partition coefficient (Wildman–Crippen LogP) is 2.76. The standard InChI is InChI=1S/C28H64N6O3/c1-12-22(35-19-25(9,31)18-29)28(13-2,16-23(5,6)36-15-21(4)27(11,33)34)17-26(10,32)37-14-20(3)24(7,8)30/h20-22H,12-19,29-34H2,1-11H3. The second kappa shape index (κ2) is 13.8. The molecule has 0 heterocycles. The Bertz CT molecular complexity index is 617. The van der Waals surface area contributed by atoms with Gasteiger partial charge in [-0.3, -0.25) is 0 Å². The van der Waals surface area contributed by atoms with Gasteiger partial charge in [0, 0.05) is 29.0 Å². The van der Waals surface area contributed by atoms with Crippen molar-refractivity contribution >= 4 is 0 Å². The molecule has 9 nitrogen and oxygen atoms in total. The van der Waals surface area contributed by atoms with Gasteiger partial charge in [-0.1, -0.05) is 27.7 Å². The molecular weight excluding hydrogens is 468 g/mol. The van der Waals surface area contributed by atoms with E-state index in [-0.39, 0.29) is 28.9 Å². The molecule has 37 heavy (non-hydrogen) atoms. The second-order valence-corrected chi connectivity index (χ2v) is 13.8. The topological polar surface area (TPSA) is 184 Å². The van der Waals surface area contributed by atoms with Gasteiger partial charge in [0.15, 0.2) is 0 Å². The van der Waals surface area contributed by atoms with Crippen LogP contribution in [0.3, 0.4) is 0 Å². The van der Waals surface area contributed by atoms with Crippen molar-refractivity contribution in [1.82, 2.24) is 0 Å². The first-order chi connectivity index (χ1) is 16.5. The maximum Gasteiger partial charge on any atom is 0.114 e. The van der Waals surface area contributed by atoms with E-state index in [2.05, 4.69) is 34.6 Å². The highest BCUT2D eigenvalue weighted by atomic mass is 16.5. The zero-order chi connectivity index (χ0) is 29.5. The van der Waals surface area contributed by atoms with Gasteiger partial charge in [-0.25, -0.2) is 0 Å². The molecule has 0 aromatic carbocycles. The zero-order valence-corrected chi connectivity index (χ0v) is 26.1. The van der Waals surface area contributed by atoms with E-state index in [0.717, 1.165) is 12.8 Å². The number of ether oxygens (including phenoxy) is 3. The van der Waals surface area contributed by atoms with Crippen molar-refractivity contribution in [3.8, 4) is 0 Å². The highest BCUT2D eigenvalue weighted by Crippen LogP contribution is 2.46. The predicted molar refractivity (Wildman–Crippen MR) is 156 cm³/mol. The summed E-state index contributed by atoms with van der Waals surface area (Å²) in [7, 11) is 0. The molecule has 0 saturated carbocycles. The van der Waals surface area contributed by atoms with Crippen LogP contribution in [0.4, 0.5) is 0 Å². The third kappa shape index (κ3) is 13.0. The monoisotopic (exact) mass is 533 g/mol. The van der Waals surface area contributed by atoms with Crippen LogP contribution in [0.1, 0.15) is 102 Å². The van der Waals surface area contributed by atoms with Gasteiger partial charge in [0.05, 0.1) is 37.2 Å². The molecule has 0 rings (SSSR count). The van der Waals surface area contributed by atoms with Crippen LogP contribution in [0.25, 0.3) is 0 Å². The molecule has 0 aliphatic rings. The van der Waals surface area contributed by atoms with E-state index in [1.807, 2.05) is 41.5 Å². The fourth-order valence-electron chi connectivity index (χ4n) is 4.55. The summed E-state index contributed by atoms with van der Waals surface area (Å²) in [6.07, 6.45) is 2.75. The Hall–Kier alpha value is -0.360. The number of rotatable bonds is 19. The van der Waals surface area contributed by atoms with Crippen LogP contribution >= 0.6 is 0 Å². The largest absolute Gasteiger partial charge is 0.376 e. The molecule has 224 valence electrons. The minimum Gasteiger partial charge on any atom is -0.376 e. The third-order valence-corrected chi connectivity index (χ3v) is 8.04. The molecule has 0 aliphatic heterocycles. The van der Waals surface area contributed by atoms with Crippen molar-refractivity contribution in [3.05, 3.63) is 0 Å². The average Bonchev–Trinajstić information content (AvgIpc) is 2.74. The molecule has 0 bridgehead atoms. The molecule has 0 fully saturated rings. The van der Waals surface area contributed by atoms with Crippen molar-refractivity contribution in [3.63, 3.8) is 0 Å². The fourth-order valence-corrected chi connectivity index (χ4v) is 4.55. The first kappa shape index (κ1) is 36.6. The molecule has 0 aromatic heterocycles. The van der Waals surface area contributed by atoms with E-state index in [0.29, 0.717) is 39.2 Å². The molecular formula is C28H64N6O3. The molecule has 9 heteroatoms. The molecule has 0 aromatic rings. The third-order valence-electron chi connectivity index (χ3n) is 8.04. The summed E-state index contributed by atoms with van der Waals surface area (Å²) >= 11 is 0. The van der Waals surface area contributed by atoms with Gasteiger partial charge in [0.1, 0.15) is 5.72 Å². The van der Waals surface area contributed by atoms with Gasteiger partial charge in [-0.15, -0.1) is 0 Å². The van der Waals surface area contributed by atoms with Crippen molar-refractivity contribution in [1.29, 1.82) is 0 Å². The van der Waals surface area contributed by atoms with Crippen molar-refractivity contribution < 1.29 is 14.2 Å². The number of nitrogens with two attached hydrogens (primary N) is 6. The summed E-state index contributed by atoms with van der Waals surface area (Å²) in [5.41, 5.74) is 34.0. The summed E-state index contributed by atoms with van der Waals surface area (Å²) in [6.45, 7) is 23.8. The van der Waals surface area contributed by atoms with Crippen molar-refractivity contribution in [2.75, 3.05) is 26.4 Å². The number of hydrogen-bond donors (Lipinski definition) is 6. The normalized spacial score (nSPS) is 21.0.